The minimum atomic E-state index is -0.0152. The number of ether oxygens (including phenoxy) is 1. The maximum atomic E-state index is 6.70. The summed E-state index contributed by atoms with van der Waals surface area (Å²) in [5.74, 6) is 3.05. The standard InChI is InChI=1S/C46H48N4O.Pt/c1-28(2)33-16-19-41-40(24-33)39-18-17-37(27-42(39)49(41)43-25-35(20-21-47-43)46(8,9)10)51-38-23-34(29(3)4)22-36(26-38)50-45(30(5)6)44(31(7)48-50)32-14-12-11-13-15-32;/h11-25,28-30H,1-10H3;/q-2;+2. The van der Waals surface area contributed by atoms with Crippen LogP contribution in [0.4, 0.5) is 0 Å². The Kier molecular flexibility index (Phi) is 10.4. The molecule has 7 rings (SSSR count). The number of pyridine rings is 1. The van der Waals surface area contributed by atoms with Gasteiger partial charge in [-0.2, -0.15) is 11.2 Å². The Hall–Kier alpha value is -4.47. The van der Waals surface area contributed by atoms with Crippen molar-refractivity contribution in [3.05, 3.63) is 131 Å². The van der Waals surface area contributed by atoms with Crippen LogP contribution in [-0.2, 0) is 26.5 Å². The molecule has 7 aromatic rings. The van der Waals surface area contributed by atoms with E-state index in [4.69, 9.17) is 14.8 Å². The number of hydrogen-bond donors (Lipinski definition) is 0. The van der Waals surface area contributed by atoms with Crippen LogP contribution in [0.3, 0.4) is 0 Å². The number of aryl methyl sites for hydroxylation is 1. The summed E-state index contributed by atoms with van der Waals surface area (Å²) < 4.78 is 11.0. The van der Waals surface area contributed by atoms with Crippen LogP contribution in [-0.4, -0.2) is 19.3 Å². The summed E-state index contributed by atoms with van der Waals surface area (Å²) in [6.07, 6.45) is 1.91. The molecule has 4 aromatic carbocycles. The summed E-state index contributed by atoms with van der Waals surface area (Å²) in [6, 6.07) is 37.3. The molecule has 0 aliphatic heterocycles. The van der Waals surface area contributed by atoms with Crippen molar-refractivity contribution >= 4 is 21.8 Å². The summed E-state index contributed by atoms with van der Waals surface area (Å²) in [6.45, 7) is 22.1. The van der Waals surface area contributed by atoms with Gasteiger partial charge in [0.25, 0.3) is 0 Å². The summed E-state index contributed by atoms with van der Waals surface area (Å²) in [5, 5.41) is 7.39. The molecule has 0 aliphatic carbocycles. The summed E-state index contributed by atoms with van der Waals surface area (Å²) in [5.41, 5.74) is 11.1. The van der Waals surface area contributed by atoms with Crippen LogP contribution < -0.4 is 4.74 Å². The van der Waals surface area contributed by atoms with Gasteiger partial charge in [0.1, 0.15) is 5.82 Å². The van der Waals surface area contributed by atoms with Crippen LogP contribution in [0, 0.1) is 19.1 Å². The number of benzene rings is 4. The van der Waals surface area contributed by atoms with E-state index in [0.29, 0.717) is 17.4 Å². The van der Waals surface area contributed by atoms with Gasteiger partial charge >= 0.3 is 21.1 Å². The maximum Gasteiger partial charge on any atom is 2.00 e. The van der Waals surface area contributed by atoms with Crippen molar-refractivity contribution in [3.63, 3.8) is 0 Å². The smallest absolute Gasteiger partial charge is 0.509 e. The first-order chi connectivity index (χ1) is 24.3. The average Bonchev–Trinajstić information content (AvgIpc) is 3.62. The van der Waals surface area contributed by atoms with Gasteiger partial charge in [-0.25, -0.2) is 4.98 Å². The molecule has 0 atom stereocenters. The van der Waals surface area contributed by atoms with E-state index in [1.165, 1.54) is 27.6 Å². The number of fused-ring (bicyclic) bond motifs is 3. The molecule has 0 radical (unpaired) electrons. The van der Waals surface area contributed by atoms with Crippen LogP contribution in [0.5, 0.6) is 11.5 Å². The average molecular weight is 868 g/mol. The van der Waals surface area contributed by atoms with Crippen LogP contribution in [0.25, 0.3) is 44.4 Å². The maximum absolute atomic E-state index is 6.70. The molecule has 52 heavy (non-hydrogen) atoms. The Morgan fingerprint density at radius 2 is 1.44 bits per heavy atom. The van der Waals surface area contributed by atoms with Crippen LogP contribution in [0.15, 0.2) is 91.1 Å². The molecule has 0 unspecified atom stereocenters. The van der Waals surface area contributed by atoms with Crippen molar-refractivity contribution in [3.8, 4) is 34.1 Å². The SMILES string of the molecule is Cc1nn(-c2[c-]c(Oc3[c-]c4c(cc3)c3cc(C(C)C)ccc3n4-c3cc(C(C)(C)C)ccn3)cc(C(C)C)c2)c(C(C)C)c1-c1ccccc1.[Pt+2]. The van der Waals surface area contributed by atoms with E-state index in [9.17, 15) is 0 Å². The first-order valence-corrected chi connectivity index (χ1v) is 18.2. The minimum Gasteiger partial charge on any atom is -0.509 e. The van der Waals surface area contributed by atoms with Crippen molar-refractivity contribution in [1.29, 1.82) is 0 Å². The Morgan fingerprint density at radius 1 is 0.712 bits per heavy atom. The Bertz CT molecular complexity index is 2370. The molecule has 268 valence electrons. The molecule has 0 saturated heterocycles. The molecule has 0 bridgehead atoms. The van der Waals surface area contributed by atoms with E-state index in [1.807, 2.05) is 12.3 Å². The van der Waals surface area contributed by atoms with Gasteiger partial charge in [0.05, 0.1) is 11.4 Å². The molecule has 3 heterocycles. The van der Waals surface area contributed by atoms with E-state index < -0.39 is 0 Å². The van der Waals surface area contributed by atoms with Crippen molar-refractivity contribution in [2.75, 3.05) is 0 Å². The van der Waals surface area contributed by atoms with Gasteiger partial charge in [0, 0.05) is 28.8 Å². The minimum absolute atomic E-state index is 0. The quantitative estimate of drug-likeness (QED) is 0.143. The van der Waals surface area contributed by atoms with Crippen LogP contribution in [0.2, 0.25) is 0 Å². The zero-order valence-corrected chi connectivity index (χ0v) is 34.2. The fourth-order valence-corrected chi connectivity index (χ4v) is 7.00. The van der Waals surface area contributed by atoms with Gasteiger partial charge in [0.15, 0.2) is 0 Å². The molecule has 0 fully saturated rings. The molecule has 0 spiro atoms. The van der Waals surface area contributed by atoms with E-state index in [0.717, 1.165) is 44.9 Å². The molecule has 0 N–H and O–H groups in total. The first kappa shape index (κ1) is 37.3. The van der Waals surface area contributed by atoms with E-state index in [-0.39, 0.29) is 38.3 Å². The number of rotatable bonds is 8. The summed E-state index contributed by atoms with van der Waals surface area (Å²) in [4.78, 5) is 4.88. The van der Waals surface area contributed by atoms with Gasteiger partial charge in [0.2, 0.25) is 0 Å². The van der Waals surface area contributed by atoms with Crippen LogP contribution >= 0.6 is 0 Å². The Balaban J connectivity index is 0.00000464. The fourth-order valence-electron chi connectivity index (χ4n) is 7.00. The van der Waals surface area contributed by atoms with E-state index >= 15 is 0 Å². The molecule has 0 amide bonds. The predicted octanol–water partition coefficient (Wildman–Crippen LogP) is 12.4. The molecular weight excluding hydrogens is 820 g/mol. The number of hydrogen-bond acceptors (Lipinski definition) is 3. The van der Waals surface area contributed by atoms with Crippen molar-refractivity contribution < 1.29 is 25.8 Å². The molecule has 0 aliphatic rings. The second-order valence-electron chi connectivity index (χ2n) is 15.7. The Morgan fingerprint density at radius 3 is 2.12 bits per heavy atom. The molecular formula is C46H48N4OPt. The monoisotopic (exact) mass is 867 g/mol. The van der Waals surface area contributed by atoms with Gasteiger partial charge < -0.3 is 9.30 Å². The van der Waals surface area contributed by atoms with Gasteiger partial charge in [-0.15, -0.1) is 41.3 Å². The number of aromatic nitrogens is 4. The predicted molar refractivity (Wildman–Crippen MR) is 211 cm³/mol. The third-order valence-corrected chi connectivity index (χ3v) is 9.85. The molecule has 5 nitrogen and oxygen atoms in total. The molecule has 3 aromatic heterocycles. The zero-order valence-electron chi connectivity index (χ0n) is 31.9. The third kappa shape index (κ3) is 7.00. The number of nitrogens with zero attached hydrogens (tertiary/aromatic N) is 4. The second-order valence-corrected chi connectivity index (χ2v) is 15.7. The molecule has 6 heteroatoms. The van der Waals surface area contributed by atoms with Crippen LogP contribution in [0.1, 0.15) is 108 Å². The normalized spacial score (nSPS) is 12.0. The van der Waals surface area contributed by atoms with E-state index in [2.05, 4.69) is 169 Å². The van der Waals surface area contributed by atoms with Crippen molar-refractivity contribution in [2.24, 2.45) is 0 Å². The zero-order chi connectivity index (χ0) is 36.2. The van der Waals surface area contributed by atoms with Gasteiger partial charge in [-0.1, -0.05) is 110 Å². The van der Waals surface area contributed by atoms with Gasteiger partial charge in [-0.3, -0.25) is 4.68 Å². The third-order valence-electron chi connectivity index (χ3n) is 9.85. The fraction of sp³-hybridized carbons (Fsp3) is 0.304. The summed E-state index contributed by atoms with van der Waals surface area (Å²) >= 11 is 0. The first-order valence-electron chi connectivity index (χ1n) is 18.2. The summed E-state index contributed by atoms with van der Waals surface area (Å²) in [7, 11) is 0. The molecule has 0 saturated carbocycles. The van der Waals surface area contributed by atoms with E-state index in [1.54, 1.807) is 0 Å². The second kappa shape index (κ2) is 14.5. The van der Waals surface area contributed by atoms with Gasteiger partial charge in [-0.05, 0) is 76.1 Å². The largest absolute Gasteiger partial charge is 2.00 e. The van der Waals surface area contributed by atoms with Crippen molar-refractivity contribution in [1.82, 2.24) is 19.3 Å². The Labute approximate surface area is 323 Å². The topological polar surface area (TPSA) is 44.9 Å². The van der Waals surface area contributed by atoms with Crippen molar-refractivity contribution in [2.45, 2.75) is 92.4 Å².